The second kappa shape index (κ2) is 8.75. The van der Waals surface area contributed by atoms with E-state index in [1.54, 1.807) is 12.1 Å². The molecule has 6 nitrogen and oxygen atoms in total. The number of nitrogens with one attached hydrogen (secondary N) is 1. The molecule has 0 saturated carbocycles. The van der Waals surface area contributed by atoms with E-state index in [1.807, 2.05) is 38.1 Å². The fourth-order valence-corrected chi connectivity index (χ4v) is 4.28. The molecule has 8 heteroatoms. The molecule has 0 bridgehead atoms. The van der Waals surface area contributed by atoms with Crippen molar-refractivity contribution >= 4 is 32.2 Å². The summed E-state index contributed by atoms with van der Waals surface area (Å²) in [5.41, 5.74) is 2.51. The third kappa shape index (κ3) is 5.42. The molecule has 3 rings (SSSR count). The molecular weight excluding hydrogens is 408 g/mol. The number of rotatable bonds is 7. The summed E-state index contributed by atoms with van der Waals surface area (Å²) in [6, 6.07) is 14.0. The topological polar surface area (TPSA) is 85.4 Å². The Balaban J connectivity index is 1.67. The van der Waals surface area contributed by atoms with Gasteiger partial charge in [0.05, 0.1) is 23.6 Å². The Bertz CT molecular complexity index is 1100. The minimum Gasteiger partial charge on any atom is -0.494 e. The Morgan fingerprint density at radius 3 is 2.34 bits per heavy atom. The highest BCUT2D eigenvalue weighted by Gasteiger charge is 2.13. The van der Waals surface area contributed by atoms with Gasteiger partial charge in [0.1, 0.15) is 5.75 Å². The van der Waals surface area contributed by atoms with Crippen LogP contribution in [0.5, 0.6) is 5.75 Å². The summed E-state index contributed by atoms with van der Waals surface area (Å²) >= 11 is 1.41. The lowest BCUT2D eigenvalue weighted by atomic mass is 10.1. The van der Waals surface area contributed by atoms with E-state index in [1.165, 1.54) is 23.5 Å². The molecule has 0 spiro atoms. The van der Waals surface area contributed by atoms with E-state index in [2.05, 4.69) is 10.3 Å². The second-order valence-electron chi connectivity index (χ2n) is 6.52. The highest BCUT2D eigenvalue weighted by molar-refractivity contribution is 7.90. The van der Waals surface area contributed by atoms with E-state index in [-0.39, 0.29) is 17.2 Å². The van der Waals surface area contributed by atoms with Crippen molar-refractivity contribution in [3.63, 3.8) is 0 Å². The number of hydrogen-bond acceptors (Lipinski definition) is 6. The maximum atomic E-state index is 12.4. The van der Waals surface area contributed by atoms with Crippen molar-refractivity contribution in [3.05, 3.63) is 59.0 Å². The van der Waals surface area contributed by atoms with Gasteiger partial charge in [-0.3, -0.25) is 4.79 Å². The molecule has 0 aliphatic carbocycles. The van der Waals surface area contributed by atoms with Crippen molar-refractivity contribution in [2.45, 2.75) is 25.2 Å². The molecule has 0 saturated heterocycles. The van der Waals surface area contributed by atoms with Gasteiger partial charge in [0.2, 0.25) is 5.91 Å². The molecule has 1 N–H and O–H groups in total. The maximum Gasteiger partial charge on any atom is 0.230 e. The van der Waals surface area contributed by atoms with Crippen molar-refractivity contribution in [1.82, 2.24) is 4.98 Å². The lowest BCUT2D eigenvalue weighted by molar-refractivity contribution is -0.115. The molecule has 0 aliphatic rings. The zero-order valence-corrected chi connectivity index (χ0v) is 18.1. The van der Waals surface area contributed by atoms with E-state index >= 15 is 0 Å². The summed E-state index contributed by atoms with van der Waals surface area (Å²) in [7, 11) is -3.25. The third-order valence-corrected chi connectivity index (χ3v) is 6.21. The molecule has 152 valence electrons. The fraction of sp³-hybridized carbons (Fsp3) is 0.238. The molecule has 0 fully saturated rings. The first-order valence-corrected chi connectivity index (χ1v) is 11.8. The van der Waals surface area contributed by atoms with Crippen molar-refractivity contribution in [1.29, 1.82) is 0 Å². The van der Waals surface area contributed by atoms with Gasteiger partial charge in [-0.25, -0.2) is 13.4 Å². The highest BCUT2D eigenvalue weighted by atomic mass is 32.2. The second-order valence-corrected chi connectivity index (χ2v) is 9.74. The van der Waals surface area contributed by atoms with Gasteiger partial charge in [-0.2, -0.15) is 0 Å². The number of amides is 1. The number of nitrogens with zero attached hydrogens (tertiary/aromatic N) is 1. The van der Waals surface area contributed by atoms with Gasteiger partial charge >= 0.3 is 0 Å². The molecule has 1 amide bonds. The van der Waals surface area contributed by atoms with Crippen molar-refractivity contribution < 1.29 is 17.9 Å². The first-order chi connectivity index (χ1) is 13.8. The Labute approximate surface area is 174 Å². The summed E-state index contributed by atoms with van der Waals surface area (Å²) in [4.78, 5) is 18.1. The Kier molecular flexibility index (Phi) is 6.34. The standard InChI is InChI=1S/C21H22N2O4S2/c1-4-27-17-9-7-16(8-10-17)20-14(2)28-21(23-20)22-19(24)13-15-5-11-18(12-6-15)29(3,25)26/h5-12H,4,13H2,1-3H3,(H,22,23,24). The van der Waals surface area contributed by atoms with Gasteiger partial charge in [-0.1, -0.05) is 12.1 Å². The van der Waals surface area contributed by atoms with Crippen LogP contribution in [-0.2, 0) is 21.1 Å². The van der Waals surface area contributed by atoms with E-state index in [4.69, 9.17) is 4.74 Å². The lowest BCUT2D eigenvalue weighted by Crippen LogP contribution is -2.14. The quantitative estimate of drug-likeness (QED) is 0.610. The normalized spacial score (nSPS) is 11.3. The molecule has 0 unspecified atom stereocenters. The Morgan fingerprint density at radius 2 is 1.76 bits per heavy atom. The lowest BCUT2D eigenvalue weighted by Gasteiger charge is -2.04. The van der Waals surface area contributed by atoms with Crippen LogP contribution in [0.4, 0.5) is 5.13 Å². The number of carbonyl (C=O) groups is 1. The van der Waals surface area contributed by atoms with Gasteiger partial charge in [0, 0.05) is 16.7 Å². The number of ether oxygens (including phenoxy) is 1. The van der Waals surface area contributed by atoms with Crippen LogP contribution in [0.2, 0.25) is 0 Å². The van der Waals surface area contributed by atoms with Gasteiger partial charge in [0.15, 0.2) is 15.0 Å². The molecular formula is C21H22N2O4S2. The smallest absolute Gasteiger partial charge is 0.230 e. The SMILES string of the molecule is CCOc1ccc(-c2nc(NC(=O)Cc3ccc(S(C)(=O)=O)cc3)sc2C)cc1. The van der Waals surface area contributed by atoms with Crippen molar-refractivity contribution in [3.8, 4) is 17.0 Å². The van der Waals surface area contributed by atoms with Crippen LogP contribution in [-0.4, -0.2) is 32.2 Å². The van der Waals surface area contributed by atoms with E-state index in [0.29, 0.717) is 11.7 Å². The number of aryl methyl sites for hydroxylation is 1. The number of benzene rings is 2. The van der Waals surface area contributed by atoms with Crippen molar-refractivity contribution in [2.24, 2.45) is 0 Å². The van der Waals surface area contributed by atoms with Gasteiger partial charge in [0.25, 0.3) is 0 Å². The average molecular weight is 431 g/mol. The molecule has 29 heavy (non-hydrogen) atoms. The molecule has 3 aromatic rings. The molecule has 1 heterocycles. The van der Waals surface area contributed by atoms with Crippen LogP contribution in [0.15, 0.2) is 53.4 Å². The van der Waals surface area contributed by atoms with Crippen LogP contribution in [0, 0.1) is 6.92 Å². The van der Waals surface area contributed by atoms with E-state index in [0.717, 1.165) is 33.7 Å². The number of anilines is 1. The van der Waals surface area contributed by atoms with E-state index < -0.39 is 9.84 Å². The van der Waals surface area contributed by atoms with Gasteiger partial charge in [-0.05, 0) is 55.8 Å². The van der Waals surface area contributed by atoms with Crippen LogP contribution in [0.3, 0.4) is 0 Å². The average Bonchev–Trinajstić information content (AvgIpc) is 3.02. The number of carbonyl (C=O) groups excluding carboxylic acids is 1. The summed E-state index contributed by atoms with van der Waals surface area (Å²) < 4.78 is 28.5. The summed E-state index contributed by atoms with van der Waals surface area (Å²) in [6.07, 6.45) is 1.29. The molecule has 1 aromatic heterocycles. The molecule has 2 aromatic carbocycles. The minimum atomic E-state index is -3.25. The molecule has 0 atom stereocenters. The minimum absolute atomic E-state index is 0.140. The van der Waals surface area contributed by atoms with Crippen molar-refractivity contribution in [2.75, 3.05) is 18.2 Å². The number of hydrogen-bond donors (Lipinski definition) is 1. The predicted molar refractivity (Wildman–Crippen MR) is 115 cm³/mol. The monoisotopic (exact) mass is 430 g/mol. The Morgan fingerprint density at radius 1 is 1.10 bits per heavy atom. The number of sulfone groups is 1. The largest absolute Gasteiger partial charge is 0.494 e. The first kappa shape index (κ1) is 21.0. The molecule has 0 radical (unpaired) electrons. The maximum absolute atomic E-state index is 12.4. The summed E-state index contributed by atoms with van der Waals surface area (Å²) in [6.45, 7) is 4.51. The van der Waals surface area contributed by atoms with Crippen LogP contribution >= 0.6 is 11.3 Å². The highest BCUT2D eigenvalue weighted by Crippen LogP contribution is 2.31. The first-order valence-electron chi connectivity index (χ1n) is 9.06. The summed E-state index contributed by atoms with van der Waals surface area (Å²) in [5, 5.41) is 3.36. The zero-order valence-electron chi connectivity index (χ0n) is 16.4. The summed E-state index contributed by atoms with van der Waals surface area (Å²) in [5.74, 6) is 0.601. The zero-order chi connectivity index (χ0) is 21.0. The van der Waals surface area contributed by atoms with Gasteiger partial charge in [-0.15, -0.1) is 11.3 Å². The van der Waals surface area contributed by atoms with Gasteiger partial charge < -0.3 is 10.1 Å². The van der Waals surface area contributed by atoms with Crippen LogP contribution in [0.1, 0.15) is 17.4 Å². The number of thiazole rings is 1. The molecule has 0 aliphatic heterocycles. The number of aromatic nitrogens is 1. The van der Waals surface area contributed by atoms with E-state index in [9.17, 15) is 13.2 Å². The Hall–Kier alpha value is -2.71. The fourth-order valence-electron chi connectivity index (χ4n) is 2.80. The van der Waals surface area contributed by atoms with Crippen LogP contribution in [0.25, 0.3) is 11.3 Å². The van der Waals surface area contributed by atoms with Crippen LogP contribution < -0.4 is 10.1 Å². The predicted octanol–water partition coefficient (Wildman–Crippen LogP) is 4.10. The third-order valence-electron chi connectivity index (χ3n) is 4.20.